The minimum absolute atomic E-state index is 0.174. The lowest BCUT2D eigenvalue weighted by Crippen LogP contribution is -2.53. The predicted octanol–water partition coefficient (Wildman–Crippen LogP) is 3.58. The van der Waals surface area contributed by atoms with Crippen LogP contribution in [0.4, 0.5) is 13.2 Å². The Morgan fingerprint density at radius 3 is 1.71 bits per heavy atom. The van der Waals surface area contributed by atoms with Crippen molar-refractivity contribution in [1.29, 1.82) is 0 Å². The minimum atomic E-state index is -4.35. The average molecular weight is 246 g/mol. The molecule has 4 heteroatoms. The van der Waals surface area contributed by atoms with Crippen molar-refractivity contribution in [2.24, 2.45) is 29.1 Å². The van der Waals surface area contributed by atoms with Crippen molar-refractivity contribution in [3.8, 4) is 0 Å². The number of hydrogen-bond acceptors (Lipinski definition) is 1. The molecule has 4 bridgehead atoms. The van der Waals surface area contributed by atoms with E-state index in [9.17, 15) is 18.0 Å². The van der Waals surface area contributed by atoms with Gasteiger partial charge in [-0.1, -0.05) is 0 Å². The van der Waals surface area contributed by atoms with Crippen LogP contribution < -0.4 is 0 Å². The second kappa shape index (κ2) is 3.48. The van der Waals surface area contributed by atoms with Crippen LogP contribution in [0.15, 0.2) is 0 Å². The molecule has 4 aliphatic rings. The zero-order valence-corrected chi connectivity index (χ0v) is 9.67. The molecule has 0 spiro atoms. The predicted molar refractivity (Wildman–Crippen MR) is 56.2 cm³/mol. The average Bonchev–Trinajstić information content (AvgIpc) is 2.12. The van der Waals surface area contributed by atoms with E-state index >= 15 is 0 Å². The van der Waals surface area contributed by atoms with E-state index in [1.807, 2.05) is 0 Å². The third-order valence-electron chi connectivity index (χ3n) is 5.23. The van der Waals surface area contributed by atoms with Crippen molar-refractivity contribution < 1.29 is 18.0 Å². The summed E-state index contributed by atoms with van der Waals surface area (Å²) in [4.78, 5) is 10.9. The highest BCUT2D eigenvalue weighted by Crippen LogP contribution is 2.64. The first-order chi connectivity index (χ1) is 7.93. The molecule has 0 unspecified atom stereocenters. The largest absolute Gasteiger partial charge is 0.398 e. The fourth-order valence-corrected chi connectivity index (χ4v) is 5.13. The zero-order valence-electron chi connectivity index (χ0n) is 9.67. The van der Waals surface area contributed by atoms with Crippen LogP contribution >= 0.6 is 0 Å². The number of carbonyl (C=O) groups is 1. The smallest absolute Gasteiger partial charge is 0.303 e. The number of alkyl halides is 3. The third-order valence-corrected chi connectivity index (χ3v) is 5.23. The van der Waals surface area contributed by atoms with Crippen molar-refractivity contribution in [2.45, 2.75) is 44.7 Å². The lowest BCUT2D eigenvalue weighted by molar-refractivity contribution is -0.225. The summed E-state index contributed by atoms with van der Waals surface area (Å²) in [6.45, 7) is 0. The van der Waals surface area contributed by atoms with Crippen molar-refractivity contribution in [1.82, 2.24) is 0 Å². The number of carbonyl (C=O) groups excluding carboxylic acids is 1. The van der Waals surface area contributed by atoms with Crippen molar-refractivity contribution >= 4 is 6.29 Å². The molecule has 4 rings (SSSR count). The lowest BCUT2D eigenvalue weighted by Gasteiger charge is -2.58. The number of aldehydes is 1. The Bertz CT molecular complexity index is 299. The molecular weight excluding hydrogens is 229 g/mol. The summed E-state index contributed by atoms with van der Waals surface area (Å²) in [5, 5.41) is 0. The van der Waals surface area contributed by atoms with Gasteiger partial charge in [-0.25, -0.2) is 0 Å². The van der Waals surface area contributed by atoms with Gasteiger partial charge in [0, 0.05) is 0 Å². The molecule has 0 aromatic carbocycles. The van der Waals surface area contributed by atoms with Crippen molar-refractivity contribution in [3.63, 3.8) is 0 Å². The molecule has 0 heterocycles. The molecule has 4 aliphatic carbocycles. The first-order valence-electron chi connectivity index (χ1n) is 6.45. The van der Waals surface area contributed by atoms with Crippen LogP contribution in [-0.4, -0.2) is 12.5 Å². The summed E-state index contributed by atoms with van der Waals surface area (Å²) >= 11 is 0. The second-order valence-corrected chi connectivity index (χ2v) is 6.44. The van der Waals surface area contributed by atoms with Crippen LogP contribution in [0.5, 0.6) is 0 Å². The molecule has 0 aliphatic heterocycles. The van der Waals surface area contributed by atoms with Crippen LogP contribution in [0.3, 0.4) is 0 Å². The Balaban J connectivity index is 1.93. The maximum Gasteiger partial charge on any atom is 0.398 e. The fourth-order valence-electron chi connectivity index (χ4n) is 5.13. The fraction of sp³-hybridized carbons (Fsp3) is 0.923. The Kier molecular flexibility index (Phi) is 2.37. The van der Waals surface area contributed by atoms with Gasteiger partial charge in [0.05, 0.1) is 0 Å². The van der Waals surface area contributed by atoms with Gasteiger partial charge in [0.25, 0.3) is 0 Å². The quantitative estimate of drug-likeness (QED) is 0.681. The Morgan fingerprint density at radius 2 is 1.41 bits per heavy atom. The van der Waals surface area contributed by atoms with E-state index in [4.69, 9.17) is 0 Å². The number of rotatable bonds is 2. The van der Waals surface area contributed by atoms with Gasteiger partial charge in [-0.2, -0.15) is 13.2 Å². The highest BCUT2D eigenvalue weighted by atomic mass is 19.4. The minimum Gasteiger partial charge on any atom is -0.303 e. The maximum atomic E-state index is 13.0. The molecular formula is C13H17F3O. The second-order valence-electron chi connectivity index (χ2n) is 6.44. The molecule has 0 saturated heterocycles. The van der Waals surface area contributed by atoms with Gasteiger partial charge in [0.1, 0.15) is 12.2 Å². The summed E-state index contributed by atoms with van der Waals surface area (Å²) in [7, 11) is 0. The summed E-state index contributed by atoms with van der Waals surface area (Å²) in [6, 6.07) is 0. The van der Waals surface area contributed by atoms with Crippen molar-refractivity contribution in [2.75, 3.05) is 0 Å². The van der Waals surface area contributed by atoms with Gasteiger partial charge in [0.2, 0.25) is 0 Å². The first kappa shape index (κ1) is 11.5. The third kappa shape index (κ3) is 1.71. The normalized spacial score (nSPS) is 45.9. The molecule has 0 amide bonds. The lowest BCUT2D eigenvalue weighted by atomic mass is 9.46. The summed E-state index contributed by atoms with van der Waals surface area (Å²) in [6.07, 6.45) is 1.00. The van der Waals surface area contributed by atoms with Gasteiger partial charge in [-0.3, -0.25) is 0 Å². The van der Waals surface area contributed by atoms with E-state index in [2.05, 4.69) is 0 Å². The van der Waals surface area contributed by atoms with Gasteiger partial charge in [-0.15, -0.1) is 0 Å². The van der Waals surface area contributed by atoms with Gasteiger partial charge >= 0.3 is 6.18 Å². The topological polar surface area (TPSA) is 17.1 Å². The summed E-state index contributed by atoms with van der Waals surface area (Å²) in [5.74, 6) is -0.369. The van der Waals surface area contributed by atoms with Crippen LogP contribution in [0.1, 0.15) is 38.5 Å². The standard InChI is InChI=1S/C13H17F3O/c14-13(15,16)11(7-17)12-4-8-1-9(5-12)3-10(2-8)6-12/h7-11H,1-6H2/t8?,9?,10?,11-,12?/m1/s1. The van der Waals surface area contributed by atoms with Crippen molar-refractivity contribution in [3.05, 3.63) is 0 Å². The van der Waals surface area contributed by atoms with Crippen LogP contribution in [0.2, 0.25) is 0 Å². The Morgan fingerprint density at radius 1 is 1.00 bits per heavy atom. The molecule has 96 valence electrons. The molecule has 0 aromatic heterocycles. The van der Waals surface area contributed by atoms with Gasteiger partial charge in [0.15, 0.2) is 0 Å². The number of halogens is 3. The van der Waals surface area contributed by atoms with E-state index < -0.39 is 17.5 Å². The molecule has 1 atom stereocenters. The van der Waals surface area contributed by atoms with Crippen LogP contribution in [0, 0.1) is 29.1 Å². The number of hydrogen-bond donors (Lipinski definition) is 0. The monoisotopic (exact) mass is 246 g/mol. The first-order valence-corrected chi connectivity index (χ1v) is 6.45. The highest BCUT2D eigenvalue weighted by Gasteiger charge is 2.60. The van der Waals surface area contributed by atoms with Crippen LogP contribution in [0.25, 0.3) is 0 Å². The van der Waals surface area contributed by atoms with E-state index in [-0.39, 0.29) is 6.29 Å². The van der Waals surface area contributed by atoms with E-state index in [0.717, 1.165) is 19.3 Å². The molecule has 4 fully saturated rings. The maximum absolute atomic E-state index is 13.0. The summed E-state index contributed by atoms with van der Waals surface area (Å²) < 4.78 is 39.0. The van der Waals surface area contributed by atoms with E-state index in [0.29, 0.717) is 37.0 Å². The molecule has 0 radical (unpaired) electrons. The molecule has 4 saturated carbocycles. The van der Waals surface area contributed by atoms with E-state index in [1.165, 1.54) is 0 Å². The molecule has 0 aromatic rings. The zero-order chi connectivity index (χ0) is 12.3. The van der Waals surface area contributed by atoms with E-state index in [1.54, 1.807) is 0 Å². The van der Waals surface area contributed by atoms with Gasteiger partial charge < -0.3 is 4.79 Å². The SMILES string of the molecule is O=C[C@@H](C(F)(F)F)C12CC3CC(CC(C3)C1)C2. The van der Waals surface area contributed by atoms with Gasteiger partial charge in [-0.05, 0) is 61.7 Å². The Labute approximate surface area is 98.8 Å². The molecule has 0 N–H and O–H groups in total. The van der Waals surface area contributed by atoms with Crippen LogP contribution in [-0.2, 0) is 4.79 Å². The summed E-state index contributed by atoms with van der Waals surface area (Å²) in [5.41, 5.74) is -0.741. The Hall–Kier alpha value is -0.540. The highest BCUT2D eigenvalue weighted by molar-refractivity contribution is 5.57. The molecule has 1 nitrogen and oxygen atoms in total. The molecule has 17 heavy (non-hydrogen) atoms.